The molecule has 2 rings (SSSR count). The summed E-state index contributed by atoms with van der Waals surface area (Å²) >= 11 is 0. The minimum absolute atomic E-state index is 0.573. The number of hydrogen-bond donors (Lipinski definition) is 2. The molecule has 0 aliphatic carbocycles. The lowest BCUT2D eigenvalue weighted by Crippen LogP contribution is -2.00. The normalized spacial score (nSPS) is 10.0. The van der Waals surface area contributed by atoms with Gasteiger partial charge in [-0.05, 0) is 37.1 Å². The first-order chi connectivity index (χ1) is 9.08. The molecule has 0 atom stereocenters. The van der Waals surface area contributed by atoms with Crippen LogP contribution in [-0.4, -0.2) is 5.71 Å². The van der Waals surface area contributed by atoms with E-state index in [2.05, 4.69) is 31.0 Å². The smallest absolute Gasteiger partial charge is 0.0387 e. The molecule has 0 unspecified atom stereocenters. The lowest BCUT2D eigenvalue weighted by atomic mass is 10.1. The van der Waals surface area contributed by atoms with Crippen molar-refractivity contribution in [3.05, 3.63) is 71.8 Å². The van der Waals surface area contributed by atoms with Crippen molar-refractivity contribution in [2.24, 2.45) is 0 Å². The topological polar surface area (TPSA) is 35.9 Å². The van der Waals surface area contributed by atoms with Gasteiger partial charge in [-0.1, -0.05) is 43.0 Å². The molecule has 19 heavy (non-hydrogen) atoms. The van der Waals surface area contributed by atoms with Crippen LogP contribution in [0.1, 0.15) is 23.6 Å². The largest absolute Gasteiger partial charge is 0.356 e. The zero-order valence-corrected chi connectivity index (χ0v) is 11.3. The highest BCUT2D eigenvalue weighted by Crippen LogP contribution is 2.20. The monoisotopic (exact) mass is 250 g/mol. The Bertz CT molecular complexity index is 609. The van der Waals surface area contributed by atoms with Crippen LogP contribution in [0.15, 0.2) is 55.1 Å². The fourth-order valence-electron chi connectivity index (χ4n) is 1.96. The highest BCUT2D eigenvalue weighted by atomic mass is 14.9. The second-order valence-corrected chi connectivity index (χ2v) is 4.62. The standard InChI is InChI=1S/C17H18N2/c1-12-6-4-5-7-17(12)14(3)19-16-10-8-15(9-11-16)13(2)18/h4-11,18-19H,3H2,1-2H3. The predicted octanol–water partition coefficient (Wildman–Crippen LogP) is 4.47. The first kappa shape index (κ1) is 13.1. The summed E-state index contributed by atoms with van der Waals surface area (Å²) in [5.74, 6) is 0. The summed E-state index contributed by atoms with van der Waals surface area (Å²) in [6.07, 6.45) is 0. The van der Waals surface area contributed by atoms with E-state index in [4.69, 9.17) is 5.41 Å². The third-order valence-corrected chi connectivity index (χ3v) is 3.08. The lowest BCUT2D eigenvalue weighted by Gasteiger charge is -2.12. The summed E-state index contributed by atoms with van der Waals surface area (Å²) in [6.45, 7) is 7.94. The van der Waals surface area contributed by atoms with Gasteiger partial charge >= 0.3 is 0 Å². The molecule has 0 heterocycles. The fourth-order valence-corrected chi connectivity index (χ4v) is 1.96. The molecule has 2 aromatic rings. The van der Waals surface area contributed by atoms with Crippen molar-refractivity contribution < 1.29 is 0 Å². The maximum absolute atomic E-state index is 7.57. The van der Waals surface area contributed by atoms with Crippen LogP contribution in [0.25, 0.3) is 5.70 Å². The molecule has 0 saturated carbocycles. The van der Waals surface area contributed by atoms with E-state index in [1.807, 2.05) is 36.4 Å². The molecule has 2 heteroatoms. The third kappa shape index (κ3) is 3.10. The molecule has 0 bridgehead atoms. The highest BCUT2D eigenvalue weighted by Gasteiger charge is 2.03. The molecule has 0 aliphatic rings. The lowest BCUT2D eigenvalue weighted by molar-refractivity contribution is 1.41. The molecule has 96 valence electrons. The second kappa shape index (κ2) is 5.53. The molecule has 2 N–H and O–H groups in total. The quantitative estimate of drug-likeness (QED) is 0.772. The molecule has 0 aliphatic heterocycles. The predicted molar refractivity (Wildman–Crippen MR) is 82.8 cm³/mol. The molecule has 0 amide bonds. The van der Waals surface area contributed by atoms with E-state index in [1.54, 1.807) is 6.92 Å². The zero-order chi connectivity index (χ0) is 13.8. The summed E-state index contributed by atoms with van der Waals surface area (Å²) < 4.78 is 0. The Morgan fingerprint density at radius 1 is 1.05 bits per heavy atom. The molecule has 2 aromatic carbocycles. The molecular formula is C17H18N2. The number of nitrogens with one attached hydrogen (secondary N) is 2. The minimum atomic E-state index is 0.573. The van der Waals surface area contributed by atoms with Gasteiger partial charge in [-0.2, -0.15) is 0 Å². The summed E-state index contributed by atoms with van der Waals surface area (Å²) in [7, 11) is 0. The van der Waals surface area contributed by atoms with Gasteiger partial charge in [-0.25, -0.2) is 0 Å². The Balaban J connectivity index is 2.15. The van der Waals surface area contributed by atoms with E-state index in [1.165, 1.54) is 5.56 Å². The zero-order valence-electron chi connectivity index (χ0n) is 11.3. The van der Waals surface area contributed by atoms with Crippen LogP contribution in [0.4, 0.5) is 5.69 Å². The van der Waals surface area contributed by atoms with Gasteiger partial charge in [-0.3, -0.25) is 0 Å². The van der Waals surface area contributed by atoms with Crippen LogP contribution in [0.3, 0.4) is 0 Å². The van der Waals surface area contributed by atoms with E-state index < -0.39 is 0 Å². The van der Waals surface area contributed by atoms with Crippen LogP contribution >= 0.6 is 0 Å². The van der Waals surface area contributed by atoms with E-state index in [-0.39, 0.29) is 0 Å². The summed E-state index contributed by atoms with van der Waals surface area (Å²) in [5, 5.41) is 10.9. The van der Waals surface area contributed by atoms with Crippen molar-refractivity contribution in [2.45, 2.75) is 13.8 Å². The van der Waals surface area contributed by atoms with Crippen LogP contribution in [0, 0.1) is 12.3 Å². The van der Waals surface area contributed by atoms with Gasteiger partial charge < -0.3 is 10.7 Å². The van der Waals surface area contributed by atoms with E-state index in [9.17, 15) is 0 Å². The minimum Gasteiger partial charge on any atom is -0.356 e. The van der Waals surface area contributed by atoms with Crippen LogP contribution < -0.4 is 5.32 Å². The summed E-state index contributed by atoms with van der Waals surface area (Å²) in [4.78, 5) is 0. The Morgan fingerprint density at radius 2 is 1.68 bits per heavy atom. The summed E-state index contributed by atoms with van der Waals surface area (Å²) in [6, 6.07) is 16.0. The van der Waals surface area contributed by atoms with Gasteiger partial charge in [-0.15, -0.1) is 0 Å². The van der Waals surface area contributed by atoms with Gasteiger partial charge in [0.25, 0.3) is 0 Å². The number of anilines is 1. The van der Waals surface area contributed by atoms with Crippen molar-refractivity contribution in [3.63, 3.8) is 0 Å². The molecular weight excluding hydrogens is 232 g/mol. The molecule has 0 aromatic heterocycles. The second-order valence-electron chi connectivity index (χ2n) is 4.62. The molecule has 0 spiro atoms. The highest BCUT2D eigenvalue weighted by molar-refractivity contribution is 5.96. The van der Waals surface area contributed by atoms with Crippen molar-refractivity contribution >= 4 is 17.1 Å². The fraction of sp³-hybridized carbons (Fsp3) is 0.118. The summed E-state index contributed by atoms with van der Waals surface area (Å²) in [5.41, 5.74) is 5.70. The van der Waals surface area contributed by atoms with Gasteiger partial charge in [0.05, 0.1) is 0 Å². The van der Waals surface area contributed by atoms with Crippen molar-refractivity contribution in [1.82, 2.24) is 0 Å². The van der Waals surface area contributed by atoms with Crippen LogP contribution in [0.2, 0.25) is 0 Å². The Morgan fingerprint density at radius 3 is 2.26 bits per heavy atom. The first-order valence-electron chi connectivity index (χ1n) is 6.25. The van der Waals surface area contributed by atoms with Crippen LogP contribution in [-0.2, 0) is 0 Å². The van der Waals surface area contributed by atoms with E-state index >= 15 is 0 Å². The molecule has 0 fully saturated rings. The number of hydrogen-bond acceptors (Lipinski definition) is 2. The Kier molecular flexibility index (Phi) is 3.81. The van der Waals surface area contributed by atoms with E-state index in [0.717, 1.165) is 22.5 Å². The Hall–Kier alpha value is -2.35. The van der Waals surface area contributed by atoms with Gasteiger partial charge in [0.1, 0.15) is 0 Å². The Labute approximate surface area is 114 Å². The average Bonchev–Trinajstić information content (AvgIpc) is 2.39. The molecule has 0 radical (unpaired) electrons. The van der Waals surface area contributed by atoms with E-state index in [0.29, 0.717) is 5.71 Å². The van der Waals surface area contributed by atoms with Crippen molar-refractivity contribution in [3.8, 4) is 0 Å². The SMILES string of the molecule is C=C(Nc1ccc(C(C)=N)cc1)c1ccccc1C. The van der Waals surface area contributed by atoms with Gasteiger partial charge in [0.2, 0.25) is 0 Å². The van der Waals surface area contributed by atoms with Crippen molar-refractivity contribution in [1.29, 1.82) is 5.41 Å². The average molecular weight is 250 g/mol. The maximum atomic E-state index is 7.57. The van der Waals surface area contributed by atoms with Crippen LogP contribution in [0.5, 0.6) is 0 Å². The number of rotatable bonds is 4. The van der Waals surface area contributed by atoms with Crippen molar-refractivity contribution in [2.75, 3.05) is 5.32 Å². The molecule has 2 nitrogen and oxygen atoms in total. The maximum Gasteiger partial charge on any atom is 0.0387 e. The van der Waals surface area contributed by atoms with Gasteiger partial charge in [0, 0.05) is 22.7 Å². The number of benzene rings is 2. The third-order valence-electron chi connectivity index (χ3n) is 3.08. The molecule has 0 saturated heterocycles. The first-order valence-corrected chi connectivity index (χ1v) is 6.25. The van der Waals surface area contributed by atoms with Gasteiger partial charge in [0.15, 0.2) is 0 Å². The number of aryl methyl sites for hydroxylation is 1.